The van der Waals surface area contributed by atoms with Gasteiger partial charge in [0, 0.05) is 12.1 Å². The van der Waals surface area contributed by atoms with Crippen molar-refractivity contribution in [1.82, 2.24) is 9.78 Å². The molecule has 1 N–H and O–H groups in total. The van der Waals surface area contributed by atoms with Gasteiger partial charge in [-0.1, -0.05) is 60.7 Å². The smallest absolute Gasteiger partial charge is 0.329 e. The van der Waals surface area contributed by atoms with Crippen molar-refractivity contribution < 1.29 is 19.4 Å². The molecule has 1 heterocycles. The van der Waals surface area contributed by atoms with E-state index in [-0.39, 0.29) is 6.61 Å². The van der Waals surface area contributed by atoms with Crippen molar-refractivity contribution in [1.29, 1.82) is 0 Å². The molecule has 3 aromatic rings. The van der Waals surface area contributed by atoms with E-state index in [1.54, 1.807) is 0 Å². The van der Waals surface area contributed by atoms with Gasteiger partial charge in [0.2, 0.25) is 5.88 Å². The molecule has 1 aliphatic carbocycles. The Morgan fingerprint density at radius 2 is 1.58 bits per heavy atom. The van der Waals surface area contributed by atoms with Gasteiger partial charge < -0.3 is 14.6 Å². The monoisotopic (exact) mass is 448 g/mol. The zero-order valence-corrected chi connectivity index (χ0v) is 19.2. The van der Waals surface area contributed by atoms with Crippen molar-refractivity contribution in [2.45, 2.75) is 39.2 Å². The van der Waals surface area contributed by atoms with Crippen molar-refractivity contribution in [3.05, 3.63) is 60.7 Å². The van der Waals surface area contributed by atoms with Crippen LogP contribution in [0.15, 0.2) is 60.7 Å². The predicted octanol–water partition coefficient (Wildman–Crippen LogP) is 5.52. The molecule has 4 rings (SSSR count). The van der Waals surface area contributed by atoms with Gasteiger partial charge in [-0.25, -0.2) is 9.48 Å². The minimum atomic E-state index is -0.908. The van der Waals surface area contributed by atoms with Crippen LogP contribution in [0, 0.1) is 11.8 Å². The molecular weight excluding hydrogens is 416 g/mol. The number of nitrogens with zero attached hydrogens (tertiary/aromatic N) is 2. The number of hydrogen-bond acceptors (Lipinski definition) is 4. The van der Waals surface area contributed by atoms with Gasteiger partial charge in [-0.2, -0.15) is 5.10 Å². The minimum Gasteiger partial charge on any atom is -0.480 e. The fraction of sp³-hybridized carbons (Fsp3) is 0.407. The van der Waals surface area contributed by atoms with E-state index in [4.69, 9.17) is 19.7 Å². The highest BCUT2D eigenvalue weighted by atomic mass is 16.5. The van der Waals surface area contributed by atoms with Gasteiger partial charge in [0.25, 0.3) is 0 Å². The summed E-state index contributed by atoms with van der Waals surface area (Å²) in [5.74, 6) is 0.861. The molecule has 2 aromatic carbocycles. The first-order valence-corrected chi connectivity index (χ1v) is 11.8. The van der Waals surface area contributed by atoms with Crippen LogP contribution in [0.2, 0.25) is 0 Å². The summed E-state index contributed by atoms with van der Waals surface area (Å²) < 4.78 is 13.6. The molecule has 0 aliphatic heterocycles. The SMILES string of the molecule is CCOc1c(-c2ccccc2)c(-c2ccccc2)nn1CC1CCC(COCC(=O)O)CC1. The van der Waals surface area contributed by atoms with E-state index in [2.05, 4.69) is 28.9 Å². The van der Waals surface area contributed by atoms with Crippen molar-refractivity contribution in [3.63, 3.8) is 0 Å². The van der Waals surface area contributed by atoms with Crippen LogP contribution in [-0.4, -0.2) is 40.7 Å². The third-order valence-corrected chi connectivity index (χ3v) is 6.27. The average molecular weight is 449 g/mol. The van der Waals surface area contributed by atoms with Crippen LogP contribution < -0.4 is 4.74 Å². The minimum absolute atomic E-state index is 0.213. The van der Waals surface area contributed by atoms with Crippen LogP contribution in [-0.2, 0) is 16.1 Å². The summed E-state index contributed by atoms with van der Waals surface area (Å²) in [4.78, 5) is 10.7. The molecule has 6 heteroatoms. The summed E-state index contributed by atoms with van der Waals surface area (Å²) in [7, 11) is 0. The second-order valence-corrected chi connectivity index (χ2v) is 8.67. The van der Waals surface area contributed by atoms with Crippen molar-refractivity contribution in [2.24, 2.45) is 11.8 Å². The van der Waals surface area contributed by atoms with Gasteiger partial charge in [0.1, 0.15) is 12.3 Å². The summed E-state index contributed by atoms with van der Waals surface area (Å²) in [6.07, 6.45) is 4.25. The molecule has 0 spiro atoms. The van der Waals surface area contributed by atoms with E-state index in [0.717, 1.165) is 60.5 Å². The van der Waals surface area contributed by atoms with Gasteiger partial charge in [-0.15, -0.1) is 0 Å². The van der Waals surface area contributed by atoms with Gasteiger partial charge in [-0.3, -0.25) is 0 Å². The summed E-state index contributed by atoms with van der Waals surface area (Å²) in [6, 6.07) is 20.6. The molecule has 0 amide bonds. The molecule has 0 unspecified atom stereocenters. The van der Waals surface area contributed by atoms with Crippen molar-refractivity contribution in [2.75, 3.05) is 19.8 Å². The topological polar surface area (TPSA) is 73.6 Å². The molecule has 0 saturated heterocycles. The highest BCUT2D eigenvalue weighted by Crippen LogP contribution is 2.40. The van der Waals surface area contributed by atoms with E-state index >= 15 is 0 Å². The van der Waals surface area contributed by atoms with Gasteiger partial charge in [0.05, 0.1) is 18.8 Å². The normalized spacial score (nSPS) is 18.2. The Morgan fingerprint density at radius 1 is 0.970 bits per heavy atom. The lowest BCUT2D eigenvalue weighted by molar-refractivity contribution is -0.142. The lowest BCUT2D eigenvalue weighted by Crippen LogP contribution is -2.23. The van der Waals surface area contributed by atoms with Crippen LogP contribution in [0.25, 0.3) is 22.4 Å². The molecule has 6 nitrogen and oxygen atoms in total. The zero-order valence-electron chi connectivity index (χ0n) is 19.2. The average Bonchev–Trinajstić information content (AvgIpc) is 3.19. The third kappa shape index (κ3) is 5.82. The molecule has 1 saturated carbocycles. The van der Waals surface area contributed by atoms with E-state index in [0.29, 0.717) is 25.0 Å². The summed E-state index contributed by atoms with van der Waals surface area (Å²) in [5, 5.41) is 13.8. The number of rotatable bonds is 10. The summed E-state index contributed by atoms with van der Waals surface area (Å²) >= 11 is 0. The van der Waals surface area contributed by atoms with Crippen LogP contribution in [0.3, 0.4) is 0 Å². The quantitative estimate of drug-likeness (QED) is 0.442. The maximum atomic E-state index is 10.7. The van der Waals surface area contributed by atoms with E-state index in [1.807, 2.05) is 43.3 Å². The maximum Gasteiger partial charge on any atom is 0.329 e. The Balaban J connectivity index is 1.56. The molecule has 174 valence electrons. The van der Waals surface area contributed by atoms with Crippen LogP contribution in [0.5, 0.6) is 5.88 Å². The Hall–Kier alpha value is -3.12. The third-order valence-electron chi connectivity index (χ3n) is 6.27. The molecule has 1 aliphatic rings. The van der Waals surface area contributed by atoms with Gasteiger partial charge in [0.15, 0.2) is 0 Å². The fourth-order valence-corrected chi connectivity index (χ4v) is 4.65. The van der Waals surface area contributed by atoms with Crippen LogP contribution in [0.4, 0.5) is 0 Å². The van der Waals surface area contributed by atoms with Crippen LogP contribution in [0.1, 0.15) is 32.6 Å². The second-order valence-electron chi connectivity index (χ2n) is 8.67. The van der Waals surface area contributed by atoms with E-state index in [1.165, 1.54) is 0 Å². The lowest BCUT2D eigenvalue weighted by Gasteiger charge is -2.28. The number of benzene rings is 2. The van der Waals surface area contributed by atoms with Crippen molar-refractivity contribution in [3.8, 4) is 28.3 Å². The first-order valence-electron chi connectivity index (χ1n) is 11.8. The van der Waals surface area contributed by atoms with Crippen LogP contribution >= 0.6 is 0 Å². The number of aromatic nitrogens is 2. The molecule has 0 radical (unpaired) electrons. The number of hydrogen-bond donors (Lipinski definition) is 1. The first kappa shape index (κ1) is 23.1. The maximum absolute atomic E-state index is 10.7. The number of ether oxygens (including phenoxy) is 2. The zero-order chi connectivity index (χ0) is 23.0. The number of carboxylic acids is 1. The molecule has 0 bridgehead atoms. The standard InChI is InChI=1S/C27H32N2O4/c1-2-33-27-25(22-9-5-3-6-10-22)26(23-11-7-4-8-12-23)28-29(27)17-20-13-15-21(16-14-20)18-32-19-24(30)31/h3-12,20-21H,2,13-19H2,1H3,(H,30,31). The van der Waals surface area contributed by atoms with Gasteiger partial charge >= 0.3 is 5.97 Å². The Morgan fingerprint density at radius 3 is 2.18 bits per heavy atom. The molecule has 33 heavy (non-hydrogen) atoms. The first-order chi connectivity index (χ1) is 16.2. The fourth-order valence-electron chi connectivity index (χ4n) is 4.65. The molecule has 1 aromatic heterocycles. The van der Waals surface area contributed by atoms with Gasteiger partial charge in [-0.05, 0) is 50.0 Å². The summed E-state index contributed by atoms with van der Waals surface area (Å²) in [6.45, 7) is 3.71. The van der Waals surface area contributed by atoms with E-state index in [9.17, 15) is 4.79 Å². The number of carboxylic acid groups (broad SMARTS) is 1. The summed E-state index contributed by atoms with van der Waals surface area (Å²) in [5.41, 5.74) is 4.17. The Bertz CT molecular complexity index is 1030. The van der Waals surface area contributed by atoms with Crippen molar-refractivity contribution >= 4 is 5.97 Å². The lowest BCUT2D eigenvalue weighted by atomic mass is 9.82. The number of aliphatic carboxylic acids is 1. The second kappa shape index (κ2) is 11.1. The number of carbonyl (C=O) groups is 1. The predicted molar refractivity (Wildman–Crippen MR) is 128 cm³/mol. The van der Waals surface area contributed by atoms with E-state index < -0.39 is 5.97 Å². The highest BCUT2D eigenvalue weighted by Gasteiger charge is 2.26. The molecule has 0 atom stereocenters. The molecule has 1 fully saturated rings. The largest absolute Gasteiger partial charge is 0.480 e. The Kier molecular flexibility index (Phi) is 7.79. The highest BCUT2D eigenvalue weighted by molar-refractivity contribution is 5.84. The molecular formula is C27H32N2O4. The Labute approximate surface area is 195 Å².